The van der Waals surface area contributed by atoms with Crippen molar-refractivity contribution in [3.05, 3.63) is 75.8 Å². The van der Waals surface area contributed by atoms with Crippen LogP contribution in [0.3, 0.4) is 0 Å². The average Bonchev–Trinajstić information content (AvgIpc) is 2.75. The molecule has 0 aliphatic carbocycles. The minimum Gasteiger partial charge on any atom is -0.473 e. The van der Waals surface area contributed by atoms with Crippen LogP contribution in [0.2, 0.25) is 0 Å². The first-order chi connectivity index (χ1) is 14.8. The molecule has 10 nitrogen and oxygen atoms in total. The summed E-state index contributed by atoms with van der Waals surface area (Å²) in [6.45, 7) is 3.32. The third kappa shape index (κ3) is 7.52. The lowest BCUT2D eigenvalue weighted by molar-refractivity contribution is -0.385. The molecule has 0 unspecified atom stereocenters. The van der Waals surface area contributed by atoms with Gasteiger partial charge in [0, 0.05) is 44.4 Å². The number of para-hydroxylation sites is 1. The van der Waals surface area contributed by atoms with Gasteiger partial charge in [-0.15, -0.1) is 0 Å². The molecule has 3 rings (SSSR count). The van der Waals surface area contributed by atoms with Gasteiger partial charge in [-0.3, -0.25) is 19.8 Å². The smallest absolute Gasteiger partial charge is 0.414 e. The lowest BCUT2D eigenvalue weighted by Crippen LogP contribution is -2.48. The second-order valence-corrected chi connectivity index (χ2v) is 6.82. The number of carboxylic acids is 2. The number of rotatable bonds is 5. The van der Waals surface area contributed by atoms with E-state index in [1.807, 2.05) is 41.3 Å². The van der Waals surface area contributed by atoms with Crippen LogP contribution in [0.4, 0.5) is 5.69 Å². The van der Waals surface area contributed by atoms with E-state index in [1.54, 1.807) is 12.1 Å². The summed E-state index contributed by atoms with van der Waals surface area (Å²) < 4.78 is 0. The van der Waals surface area contributed by atoms with Crippen LogP contribution >= 0.6 is 0 Å². The van der Waals surface area contributed by atoms with Gasteiger partial charge in [0.2, 0.25) is 5.91 Å². The van der Waals surface area contributed by atoms with Gasteiger partial charge in [-0.25, -0.2) is 9.59 Å². The first-order valence-electron chi connectivity index (χ1n) is 9.50. The van der Waals surface area contributed by atoms with Gasteiger partial charge in [-0.1, -0.05) is 48.5 Å². The largest absolute Gasteiger partial charge is 0.473 e. The molecule has 31 heavy (non-hydrogen) atoms. The zero-order valence-electron chi connectivity index (χ0n) is 16.7. The summed E-state index contributed by atoms with van der Waals surface area (Å²) >= 11 is 0. The fraction of sp³-hybridized carbons (Fsp3) is 0.286. The summed E-state index contributed by atoms with van der Waals surface area (Å²) in [7, 11) is 0. The second-order valence-electron chi connectivity index (χ2n) is 6.82. The molecule has 0 saturated carbocycles. The molecule has 1 amide bonds. The van der Waals surface area contributed by atoms with Crippen molar-refractivity contribution in [3.63, 3.8) is 0 Å². The van der Waals surface area contributed by atoms with Gasteiger partial charge in [0.1, 0.15) is 0 Å². The van der Waals surface area contributed by atoms with E-state index in [0.717, 1.165) is 24.2 Å². The van der Waals surface area contributed by atoms with Crippen molar-refractivity contribution in [1.82, 2.24) is 9.80 Å². The van der Waals surface area contributed by atoms with Crippen LogP contribution in [-0.2, 0) is 27.3 Å². The van der Waals surface area contributed by atoms with Crippen molar-refractivity contribution < 1.29 is 29.5 Å². The third-order valence-electron chi connectivity index (χ3n) is 4.69. The van der Waals surface area contributed by atoms with Crippen molar-refractivity contribution in [2.75, 3.05) is 26.2 Å². The number of hydrogen-bond donors (Lipinski definition) is 2. The van der Waals surface area contributed by atoms with Crippen LogP contribution in [0.25, 0.3) is 0 Å². The lowest BCUT2D eigenvalue weighted by atomic mass is 10.1. The monoisotopic (exact) mass is 429 g/mol. The Labute approximate surface area is 178 Å². The number of hydrogen-bond acceptors (Lipinski definition) is 6. The molecule has 1 aliphatic heterocycles. The Morgan fingerprint density at radius 2 is 1.42 bits per heavy atom. The molecule has 0 bridgehead atoms. The van der Waals surface area contributed by atoms with E-state index < -0.39 is 11.9 Å². The number of nitro benzene ring substituents is 1. The highest BCUT2D eigenvalue weighted by molar-refractivity contribution is 6.27. The Morgan fingerprint density at radius 3 is 1.97 bits per heavy atom. The number of carboxylic acid groups (broad SMARTS) is 2. The first-order valence-corrected chi connectivity index (χ1v) is 9.50. The van der Waals surface area contributed by atoms with Gasteiger partial charge in [0.25, 0.3) is 5.69 Å². The first kappa shape index (κ1) is 23.5. The lowest BCUT2D eigenvalue weighted by Gasteiger charge is -2.34. The Morgan fingerprint density at radius 1 is 0.871 bits per heavy atom. The molecule has 2 aromatic rings. The van der Waals surface area contributed by atoms with E-state index in [0.29, 0.717) is 26.1 Å². The molecule has 1 heterocycles. The Kier molecular flexibility index (Phi) is 8.64. The number of benzene rings is 2. The summed E-state index contributed by atoms with van der Waals surface area (Å²) in [5.74, 6) is -3.51. The van der Waals surface area contributed by atoms with Crippen molar-refractivity contribution in [2.24, 2.45) is 0 Å². The number of carbonyl (C=O) groups excluding carboxylic acids is 1. The van der Waals surface area contributed by atoms with E-state index in [1.165, 1.54) is 6.07 Å². The van der Waals surface area contributed by atoms with Gasteiger partial charge in [0.15, 0.2) is 0 Å². The molecule has 1 saturated heterocycles. The minimum atomic E-state index is -1.82. The molecular weight excluding hydrogens is 406 g/mol. The fourth-order valence-corrected chi connectivity index (χ4v) is 3.10. The van der Waals surface area contributed by atoms with Gasteiger partial charge in [-0.2, -0.15) is 0 Å². The van der Waals surface area contributed by atoms with Crippen LogP contribution in [0.1, 0.15) is 11.1 Å². The summed E-state index contributed by atoms with van der Waals surface area (Å²) in [6, 6.07) is 16.6. The fourth-order valence-electron chi connectivity index (χ4n) is 3.10. The number of carbonyl (C=O) groups is 3. The molecule has 164 valence electrons. The Hall–Kier alpha value is -3.79. The highest BCUT2D eigenvalue weighted by atomic mass is 16.6. The zero-order valence-corrected chi connectivity index (χ0v) is 16.7. The van der Waals surface area contributed by atoms with Crippen molar-refractivity contribution in [2.45, 2.75) is 13.0 Å². The van der Waals surface area contributed by atoms with E-state index in [-0.39, 0.29) is 16.5 Å². The van der Waals surface area contributed by atoms with Gasteiger partial charge < -0.3 is 15.1 Å². The van der Waals surface area contributed by atoms with Gasteiger partial charge >= 0.3 is 11.9 Å². The highest BCUT2D eigenvalue weighted by Crippen LogP contribution is 2.20. The molecule has 2 N–H and O–H groups in total. The number of nitrogens with zero attached hydrogens (tertiary/aromatic N) is 3. The van der Waals surface area contributed by atoms with Crippen molar-refractivity contribution in [1.29, 1.82) is 0 Å². The standard InChI is InChI=1S/C19H21N3O3.C2H2O4/c23-19(14-16-6-2-1-3-7-16)21-12-10-20(11-13-21)15-17-8-4-5-9-18(17)22(24)25;3-1(4)2(5)6/h1-9H,10-15H2;(H,3,4)(H,5,6). The Balaban J connectivity index is 0.000000501. The van der Waals surface area contributed by atoms with Crippen LogP contribution in [0, 0.1) is 10.1 Å². The number of nitro groups is 1. The molecule has 0 aromatic heterocycles. The molecule has 2 aromatic carbocycles. The van der Waals surface area contributed by atoms with Crippen molar-refractivity contribution in [3.8, 4) is 0 Å². The molecule has 1 aliphatic rings. The summed E-state index contributed by atoms with van der Waals surface area (Å²) in [5.41, 5.74) is 1.90. The quantitative estimate of drug-likeness (QED) is 0.415. The molecule has 0 radical (unpaired) electrons. The number of aliphatic carboxylic acids is 2. The van der Waals surface area contributed by atoms with Crippen LogP contribution in [-0.4, -0.2) is 69.0 Å². The molecule has 10 heteroatoms. The van der Waals surface area contributed by atoms with Crippen LogP contribution in [0.5, 0.6) is 0 Å². The van der Waals surface area contributed by atoms with Gasteiger partial charge in [0.05, 0.1) is 11.3 Å². The summed E-state index contributed by atoms with van der Waals surface area (Å²) in [5, 5.41) is 25.9. The Bertz CT molecular complexity index is 914. The van der Waals surface area contributed by atoms with E-state index in [2.05, 4.69) is 4.90 Å². The molecule has 0 atom stereocenters. The van der Waals surface area contributed by atoms with Crippen molar-refractivity contribution >= 4 is 23.5 Å². The maximum absolute atomic E-state index is 12.4. The molecule has 0 spiro atoms. The third-order valence-corrected chi connectivity index (χ3v) is 4.69. The highest BCUT2D eigenvalue weighted by Gasteiger charge is 2.23. The van der Waals surface area contributed by atoms with Crippen LogP contribution < -0.4 is 0 Å². The normalized spacial score (nSPS) is 13.6. The number of piperazine rings is 1. The summed E-state index contributed by atoms with van der Waals surface area (Å²) in [4.78, 5) is 45.4. The van der Waals surface area contributed by atoms with E-state index in [9.17, 15) is 14.9 Å². The second kappa shape index (κ2) is 11.4. The maximum Gasteiger partial charge on any atom is 0.414 e. The molecular formula is C21H23N3O7. The zero-order chi connectivity index (χ0) is 22.8. The minimum absolute atomic E-state index is 0.136. The van der Waals surface area contributed by atoms with Gasteiger partial charge in [-0.05, 0) is 5.56 Å². The van der Waals surface area contributed by atoms with E-state index >= 15 is 0 Å². The predicted octanol–water partition coefficient (Wildman–Crippen LogP) is 1.64. The SMILES string of the molecule is O=C(Cc1ccccc1)N1CCN(Cc2ccccc2[N+](=O)[O-])CC1.O=C(O)C(=O)O. The number of amides is 1. The maximum atomic E-state index is 12.4. The predicted molar refractivity (Wildman–Crippen MR) is 110 cm³/mol. The summed E-state index contributed by atoms with van der Waals surface area (Å²) in [6.07, 6.45) is 0.422. The van der Waals surface area contributed by atoms with Crippen LogP contribution in [0.15, 0.2) is 54.6 Å². The van der Waals surface area contributed by atoms with E-state index in [4.69, 9.17) is 19.8 Å². The average molecular weight is 429 g/mol. The molecule has 1 fully saturated rings. The topological polar surface area (TPSA) is 141 Å².